The van der Waals surface area contributed by atoms with Crippen LogP contribution in [0.3, 0.4) is 0 Å². The molecule has 3 N–H and O–H groups in total. The number of aryl methyl sites for hydroxylation is 1. The number of aromatic carboxylic acids is 1. The van der Waals surface area contributed by atoms with Crippen LogP contribution in [0.1, 0.15) is 60.9 Å². The van der Waals surface area contributed by atoms with Crippen molar-refractivity contribution in [2.24, 2.45) is 23.7 Å². The van der Waals surface area contributed by atoms with Crippen LogP contribution < -0.4 is 0 Å². The van der Waals surface area contributed by atoms with Crippen molar-refractivity contribution in [1.29, 1.82) is 0 Å². The lowest BCUT2D eigenvalue weighted by atomic mass is 9.75. The summed E-state index contributed by atoms with van der Waals surface area (Å²) in [5.41, 5.74) is 2.29. The maximum atomic E-state index is 11.4. The van der Waals surface area contributed by atoms with E-state index in [4.69, 9.17) is 0 Å². The summed E-state index contributed by atoms with van der Waals surface area (Å²) in [6.07, 6.45) is 11.6. The topological polar surface area (TPSA) is 76.6 Å². The van der Waals surface area contributed by atoms with Gasteiger partial charge in [0.25, 0.3) is 0 Å². The lowest BCUT2D eigenvalue weighted by molar-refractivity contribution is 0.0364. The first-order valence-electron chi connectivity index (χ1n) is 11.9. The third-order valence-electron chi connectivity index (χ3n) is 8.30. The van der Waals surface area contributed by atoms with Gasteiger partial charge in [-0.3, -0.25) is 0 Å². The van der Waals surface area contributed by atoms with Crippen LogP contribution in [0.15, 0.2) is 24.4 Å². The van der Waals surface area contributed by atoms with Crippen molar-refractivity contribution in [2.75, 3.05) is 19.6 Å². The largest absolute Gasteiger partial charge is 0.478 e. The van der Waals surface area contributed by atoms with Crippen molar-refractivity contribution >= 4 is 16.9 Å². The molecule has 5 rings (SSSR count). The smallest absolute Gasteiger partial charge is 0.337 e. The van der Waals surface area contributed by atoms with E-state index in [1.54, 1.807) is 6.07 Å². The number of carbonyl (C=O) groups is 1. The molecule has 2 saturated carbocycles. The predicted molar refractivity (Wildman–Crippen MR) is 118 cm³/mol. The summed E-state index contributed by atoms with van der Waals surface area (Å²) in [7, 11) is 0. The molecule has 2 heterocycles. The molecule has 30 heavy (non-hydrogen) atoms. The van der Waals surface area contributed by atoms with E-state index in [-0.39, 0.29) is 6.10 Å². The van der Waals surface area contributed by atoms with Crippen molar-refractivity contribution in [3.05, 3.63) is 35.5 Å². The number of aromatic nitrogens is 1. The normalized spacial score (nSPS) is 31.6. The van der Waals surface area contributed by atoms with Crippen LogP contribution in [0.4, 0.5) is 0 Å². The zero-order valence-corrected chi connectivity index (χ0v) is 17.7. The molecule has 1 aromatic carbocycles. The SMILES string of the molecule is O=C(O)c1cccc2c(CCCCN3CCC4C(C3)C(O)C3CCCCC34)c[nH]c12. The summed E-state index contributed by atoms with van der Waals surface area (Å²) in [6.45, 7) is 3.37. The zero-order chi connectivity index (χ0) is 20.7. The van der Waals surface area contributed by atoms with E-state index in [9.17, 15) is 15.0 Å². The van der Waals surface area contributed by atoms with Crippen LogP contribution in [-0.2, 0) is 6.42 Å². The van der Waals surface area contributed by atoms with Crippen LogP contribution >= 0.6 is 0 Å². The third-order valence-corrected chi connectivity index (χ3v) is 8.30. The minimum absolute atomic E-state index is 0.0715. The number of aliphatic hydroxyl groups excluding tert-OH is 1. The highest BCUT2D eigenvalue weighted by Crippen LogP contribution is 2.52. The predicted octanol–water partition coefficient (Wildman–Crippen LogP) is 4.31. The Morgan fingerprint density at radius 2 is 1.87 bits per heavy atom. The Morgan fingerprint density at radius 3 is 2.70 bits per heavy atom. The molecule has 5 unspecified atom stereocenters. The first-order valence-corrected chi connectivity index (χ1v) is 11.9. The van der Waals surface area contributed by atoms with Crippen molar-refractivity contribution in [3.63, 3.8) is 0 Å². The van der Waals surface area contributed by atoms with E-state index < -0.39 is 5.97 Å². The lowest BCUT2D eigenvalue weighted by Gasteiger charge is -2.38. The summed E-state index contributed by atoms with van der Waals surface area (Å²) >= 11 is 0. The number of nitrogens with one attached hydrogen (secondary N) is 1. The van der Waals surface area contributed by atoms with E-state index in [1.807, 2.05) is 18.3 Å². The molecule has 3 fully saturated rings. The number of benzene rings is 1. The van der Waals surface area contributed by atoms with Crippen molar-refractivity contribution in [3.8, 4) is 0 Å². The quantitative estimate of drug-likeness (QED) is 0.620. The number of para-hydroxylation sites is 1. The number of carboxylic acids is 1. The number of nitrogens with zero attached hydrogens (tertiary/aromatic N) is 1. The average Bonchev–Trinajstić information content (AvgIpc) is 3.30. The van der Waals surface area contributed by atoms with Crippen LogP contribution in [0.5, 0.6) is 0 Å². The van der Waals surface area contributed by atoms with E-state index in [0.29, 0.717) is 17.4 Å². The van der Waals surface area contributed by atoms with Gasteiger partial charge in [-0.15, -0.1) is 0 Å². The summed E-state index contributed by atoms with van der Waals surface area (Å²) in [6, 6.07) is 5.50. The minimum Gasteiger partial charge on any atom is -0.478 e. The van der Waals surface area contributed by atoms with Gasteiger partial charge in [-0.25, -0.2) is 4.79 Å². The van der Waals surface area contributed by atoms with Crippen LogP contribution in [0.2, 0.25) is 0 Å². The fourth-order valence-electron chi connectivity index (χ4n) is 6.88. The summed E-state index contributed by atoms with van der Waals surface area (Å²) < 4.78 is 0. The van der Waals surface area contributed by atoms with Gasteiger partial charge >= 0.3 is 5.97 Å². The minimum atomic E-state index is -0.883. The number of piperidine rings is 1. The van der Waals surface area contributed by atoms with Gasteiger partial charge in [0.2, 0.25) is 0 Å². The fraction of sp³-hybridized carbons (Fsp3) is 0.640. The summed E-state index contributed by atoms with van der Waals surface area (Å²) in [5.74, 6) is 1.74. The standard InChI is InChI=1S/C25H34N2O3/c28-24-20-8-2-1-7-18(20)19-11-13-27(15-22(19)24)12-4-3-6-16-14-26-23-17(16)9-5-10-21(23)25(29)30/h5,9-10,14,18-20,22,24,26,28H,1-4,6-8,11-13,15H2,(H,29,30). The average molecular weight is 411 g/mol. The third kappa shape index (κ3) is 3.56. The van der Waals surface area contributed by atoms with Crippen molar-refractivity contribution < 1.29 is 15.0 Å². The number of aliphatic hydroxyl groups is 1. The second-order valence-electron chi connectivity index (χ2n) is 9.82. The van der Waals surface area contributed by atoms with Crippen LogP contribution in [-0.4, -0.2) is 51.8 Å². The Balaban J connectivity index is 1.14. The molecule has 0 bridgehead atoms. The lowest BCUT2D eigenvalue weighted by Crippen LogP contribution is -2.43. The number of hydrogen-bond acceptors (Lipinski definition) is 3. The number of unbranched alkanes of at least 4 members (excludes halogenated alkanes) is 1. The molecule has 1 aliphatic heterocycles. The molecule has 1 aromatic heterocycles. The Hall–Kier alpha value is -1.85. The molecule has 0 amide bonds. The Bertz CT molecular complexity index is 907. The molecule has 3 aliphatic rings. The fourth-order valence-corrected chi connectivity index (χ4v) is 6.88. The van der Waals surface area contributed by atoms with E-state index in [2.05, 4.69) is 9.88 Å². The molecule has 5 nitrogen and oxygen atoms in total. The molecular formula is C25H34N2O3. The second-order valence-corrected chi connectivity index (χ2v) is 9.82. The van der Waals surface area contributed by atoms with Gasteiger partial charge in [0.1, 0.15) is 0 Å². The molecule has 2 aromatic rings. The van der Waals surface area contributed by atoms with Gasteiger partial charge in [0.15, 0.2) is 0 Å². The molecule has 162 valence electrons. The number of aromatic amines is 1. The molecule has 2 aliphatic carbocycles. The van der Waals surface area contributed by atoms with Gasteiger partial charge in [-0.1, -0.05) is 25.0 Å². The highest BCUT2D eigenvalue weighted by molar-refractivity contribution is 6.02. The monoisotopic (exact) mass is 410 g/mol. The Morgan fingerprint density at radius 1 is 1.07 bits per heavy atom. The molecule has 0 spiro atoms. The van der Waals surface area contributed by atoms with Crippen molar-refractivity contribution in [1.82, 2.24) is 9.88 Å². The first kappa shape index (κ1) is 20.1. The molecule has 1 saturated heterocycles. The van der Waals surface area contributed by atoms with E-state index in [1.165, 1.54) is 44.2 Å². The molecule has 5 atom stereocenters. The highest BCUT2D eigenvalue weighted by Gasteiger charge is 2.51. The van der Waals surface area contributed by atoms with Crippen LogP contribution in [0.25, 0.3) is 10.9 Å². The highest BCUT2D eigenvalue weighted by atomic mass is 16.4. The Kier molecular flexibility index (Phi) is 5.59. The summed E-state index contributed by atoms with van der Waals surface area (Å²) in [5, 5.41) is 21.3. The van der Waals surface area contributed by atoms with E-state index in [0.717, 1.165) is 55.1 Å². The van der Waals surface area contributed by atoms with Gasteiger partial charge in [0.05, 0.1) is 17.2 Å². The van der Waals surface area contributed by atoms with Gasteiger partial charge < -0.3 is 20.1 Å². The van der Waals surface area contributed by atoms with Crippen LogP contribution in [0, 0.1) is 23.7 Å². The summed E-state index contributed by atoms with van der Waals surface area (Å²) in [4.78, 5) is 17.1. The Labute approximate surface area is 178 Å². The van der Waals surface area contributed by atoms with Crippen molar-refractivity contribution in [2.45, 2.75) is 57.5 Å². The van der Waals surface area contributed by atoms with Gasteiger partial charge in [0, 0.05) is 24.0 Å². The number of H-pyrrole nitrogens is 1. The number of likely N-dealkylation sites (tertiary alicyclic amines) is 1. The second kappa shape index (κ2) is 8.35. The number of fused-ring (bicyclic) bond motifs is 4. The zero-order valence-electron chi connectivity index (χ0n) is 17.7. The van der Waals surface area contributed by atoms with E-state index >= 15 is 0 Å². The maximum Gasteiger partial charge on any atom is 0.337 e. The number of rotatable bonds is 6. The molecule has 5 heteroatoms. The number of carboxylic acid groups (broad SMARTS) is 1. The number of hydrogen-bond donors (Lipinski definition) is 3. The molecular weight excluding hydrogens is 376 g/mol. The molecule has 0 radical (unpaired) electrons. The van der Waals surface area contributed by atoms with Gasteiger partial charge in [-0.05, 0) is 81.0 Å². The first-order chi connectivity index (χ1) is 14.6. The maximum absolute atomic E-state index is 11.4. The van der Waals surface area contributed by atoms with Gasteiger partial charge in [-0.2, -0.15) is 0 Å².